The van der Waals surface area contributed by atoms with Crippen molar-refractivity contribution < 1.29 is 59.2 Å². The van der Waals surface area contributed by atoms with Crippen LogP contribution in [0.1, 0.15) is 89.2 Å². The van der Waals surface area contributed by atoms with E-state index in [-0.39, 0.29) is 57.6 Å². The minimum Gasteiger partial charge on any atom is -0.0475 e. The SMILES string of the molecule is CC1(OC(=O)COc2c(I)cc(COc3ccc([I-]c4ccc(OCc5cc(I)c(OCC(=O)OC6(C)C7CC8CC(C7)CC6C8)c(I)c5)cc4)cc3)cc2I)C2CC3CC(C2)CC1C3. The molecule has 4 aromatic carbocycles. The Morgan fingerprint density at radius 2 is 0.800 bits per heavy atom. The zero-order chi connectivity index (χ0) is 45.0. The van der Waals surface area contributed by atoms with E-state index in [2.05, 4.69) is 153 Å². The minimum absolute atomic E-state index is 0.0785. The minimum atomic E-state index is -0.381. The molecule has 8 saturated carbocycles. The van der Waals surface area contributed by atoms with E-state index in [0.29, 0.717) is 48.4 Å². The van der Waals surface area contributed by atoms with Gasteiger partial charge in [-0.3, -0.25) is 0 Å². The first-order valence-electron chi connectivity index (χ1n) is 23.0. The quantitative estimate of drug-likeness (QED) is 0.0811. The molecule has 0 unspecified atom stereocenters. The van der Waals surface area contributed by atoms with Gasteiger partial charge in [-0.2, -0.15) is 0 Å². The number of esters is 2. The molecule has 0 saturated heterocycles. The topological polar surface area (TPSA) is 89.5 Å². The molecule has 0 aliphatic heterocycles. The summed E-state index contributed by atoms with van der Waals surface area (Å²) in [7, 11) is 0. The van der Waals surface area contributed by atoms with Gasteiger partial charge in [-0.25, -0.2) is 9.59 Å². The third kappa shape index (κ3) is 10.4. The van der Waals surface area contributed by atoms with Crippen LogP contribution in [0.4, 0.5) is 0 Å². The molecular weight excluding hydrogens is 1390 g/mol. The fraction of sp³-hybridized carbons (Fsp3) is 0.500. The van der Waals surface area contributed by atoms with Gasteiger partial charge in [-0.05, 0) is 125 Å². The van der Waals surface area contributed by atoms with Crippen molar-refractivity contribution in [3.63, 3.8) is 0 Å². The number of benzene rings is 4. The Bertz CT molecular complexity index is 2150. The summed E-state index contributed by atoms with van der Waals surface area (Å²) in [6.07, 6.45) is 12.4. The van der Waals surface area contributed by atoms with Crippen LogP contribution in [0, 0.1) is 68.8 Å². The third-order valence-electron chi connectivity index (χ3n) is 15.6. The first-order chi connectivity index (χ1) is 31.3. The monoisotopic (exact) mass is 1440 g/mol. The standard InChI is InChI=1S/C52H54I5O8/c1-51(35-13-29-11-30(15-35)16-36(51)14-29)64-47(58)27-62-49-43(53)21-33(22-44(49)54)25-60-41-7-3-39(4-8-41)57-40-5-9-42(10-6-40)61-26-34-23-45(55)50(46(56)24-34)63-28-48(59)65-52(2)37-17-31-12-32(19-37)20-38(52)18-31/h3-10,21-24,29-32,35-38H,11-20,25-28H2,1-2H3/q-1. The molecule has 13 heteroatoms. The maximum atomic E-state index is 13.1. The molecule has 0 spiro atoms. The van der Waals surface area contributed by atoms with Gasteiger partial charge < -0.3 is 9.47 Å². The van der Waals surface area contributed by atoms with Crippen LogP contribution in [0.5, 0.6) is 23.0 Å². The zero-order valence-corrected chi connectivity index (χ0v) is 47.4. The normalized spacial score (nSPS) is 30.3. The Morgan fingerprint density at radius 3 is 1.11 bits per heavy atom. The van der Waals surface area contributed by atoms with Crippen molar-refractivity contribution in [2.24, 2.45) is 47.3 Å². The van der Waals surface area contributed by atoms with Gasteiger partial charge in [0.05, 0.1) is 0 Å². The first-order valence-corrected chi connectivity index (χ1v) is 29.5. The van der Waals surface area contributed by atoms with Gasteiger partial charge in [-0.15, -0.1) is 0 Å². The first kappa shape index (κ1) is 47.4. The Labute approximate surface area is 447 Å². The molecule has 8 nitrogen and oxygen atoms in total. The Balaban J connectivity index is 0.655. The van der Waals surface area contributed by atoms with E-state index in [9.17, 15) is 9.59 Å². The van der Waals surface area contributed by atoms with E-state index in [4.69, 9.17) is 28.4 Å². The Kier molecular flexibility index (Phi) is 14.4. The van der Waals surface area contributed by atoms with Crippen LogP contribution in [0.15, 0.2) is 72.8 Å². The number of hydrogen-bond donors (Lipinski definition) is 0. The van der Waals surface area contributed by atoms with Gasteiger partial charge in [0, 0.05) is 0 Å². The fourth-order valence-corrected chi connectivity index (χ4v) is 19.3. The summed E-state index contributed by atoms with van der Waals surface area (Å²) in [6, 6.07) is 25.1. The summed E-state index contributed by atoms with van der Waals surface area (Å²) in [5.41, 5.74) is 1.38. The molecule has 65 heavy (non-hydrogen) atoms. The maximum Gasteiger partial charge on any atom is -0.000697 e. The molecule has 8 bridgehead atoms. The molecule has 346 valence electrons. The number of halogens is 5. The average Bonchev–Trinajstić information content (AvgIpc) is 3.26. The van der Waals surface area contributed by atoms with E-state index in [1.807, 2.05) is 24.3 Å². The van der Waals surface area contributed by atoms with Crippen LogP contribution < -0.4 is 40.2 Å². The van der Waals surface area contributed by atoms with Gasteiger partial charge >= 0.3 is 297 Å². The number of hydrogen-bond acceptors (Lipinski definition) is 8. The predicted molar refractivity (Wildman–Crippen MR) is 277 cm³/mol. The summed E-state index contributed by atoms with van der Waals surface area (Å²) in [4.78, 5) is 26.2. The molecule has 12 rings (SSSR count). The molecule has 0 N–H and O–H groups in total. The van der Waals surface area contributed by atoms with Gasteiger partial charge in [0.1, 0.15) is 11.2 Å². The fourth-order valence-electron chi connectivity index (χ4n) is 12.7. The molecule has 0 atom stereocenters. The summed E-state index contributed by atoms with van der Waals surface area (Å²) >= 11 is 8.75. The second-order valence-electron chi connectivity index (χ2n) is 19.9. The van der Waals surface area contributed by atoms with E-state index in [1.165, 1.54) is 71.3 Å². The molecule has 0 radical (unpaired) electrons. The second-order valence-corrected chi connectivity index (χ2v) is 27.5. The van der Waals surface area contributed by atoms with Crippen LogP contribution in [0.3, 0.4) is 0 Å². The second kappa shape index (κ2) is 19.8. The average molecular weight is 1440 g/mol. The van der Waals surface area contributed by atoms with Gasteiger partial charge in [0.2, 0.25) is 0 Å². The number of ether oxygens (including phenoxy) is 6. The molecule has 4 aromatic rings. The van der Waals surface area contributed by atoms with Crippen LogP contribution in [-0.4, -0.2) is 36.4 Å². The Morgan fingerprint density at radius 1 is 0.492 bits per heavy atom. The molecule has 0 heterocycles. The van der Waals surface area contributed by atoms with Crippen LogP contribution in [0.25, 0.3) is 0 Å². The molecule has 8 fully saturated rings. The van der Waals surface area contributed by atoms with Crippen LogP contribution >= 0.6 is 90.4 Å². The Hall–Kier alpha value is -1.33. The summed E-state index contributed by atoms with van der Waals surface area (Å²) in [6.45, 7) is 5.06. The number of carbonyl (C=O) groups is 2. The van der Waals surface area contributed by atoms with Gasteiger partial charge in [-0.1, -0.05) is 0 Å². The van der Waals surface area contributed by atoms with Crippen molar-refractivity contribution in [1.82, 2.24) is 0 Å². The van der Waals surface area contributed by atoms with Crippen molar-refractivity contribution in [2.45, 2.75) is 102 Å². The van der Waals surface area contributed by atoms with E-state index < -0.39 is 0 Å². The van der Waals surface area contributed by atoms with Crippen molar-refractivity contribution in [2.75, 3.05) is 13.2 Å². The summed E-state index contributed by atoms with van der Waals surface area (Å²) < 4.78 is 43.4. The molecular formula is C52H54I5O8-. The van der Waals surface area contributed by atoms with E-state index in [0.717, 1.165) is 60.6 Å². The predicted octanol–water partition coefficient (Wildman–Crippen LogP) is 9.66. The molecule has 8 aliphatic carbocycles. The number of carbonyl (C=O) groups excluding carboxylic acids is 2. The zero-order valence-electron chi connectivity index (χ0n) is 36.6. The van der Waals surface area contributed by atoms with Crippen LogP contribution in [0.2, 0.25) is 0 Å². The van der Waals surface area contributed by atoms with Crippen LogP contribution in [-0.2, 0) is 32.3 Å². The summed E-state index contributed by atoms with van der Waals surface area (Å²) in [5.74, 6) is 7.82. The molecule has 0 amide bonds. The van der Waals surface area contributed by atoms with E-state index in [1.54, 1.807) is 0 Å². The van der Waals surface area contributed by atoms with Gasteiger partial charge in [0.15, 0.2) is 0 Å². The van der Waals surface area contributed by atoms with Crippen molar-refractivity contribution >= 4 is 102 Å². The maximum absolute atomic E-state index is 13.1. The largest absolute Gasteiger partial charge is 0.0475 e. The third-order valence-corrected chi connectivity index (χ3v) is 21.5. The number of rotatable bonds is 16. The molecule has 0 aromatic heterocycles. The smallest absolute Gasteiger partial charge is 0.000697 e. The molecule has 8 aliphatic rings. The van der Waals surface area contributed by atoms with Crippen molar-refractivity contribution in [3.8, 4) is 23.0 Å². The summed E-state index contributed by atoms with van der Waals surface area (Å²) in [5, 5.41) is 0. The van der Waals surface area contributed by atoms with E-state index >= 15 is 0 Å². The van der Waals surface area contributed by atoms with Crippen molar-refractivity contribution in [1.29, 1.82) is 0 Å². The van der Waals surface area contributed by atoms with Gasteiger partial charge in [0.25, 0.3) is 0 Å². The van der Waals surface area contributed by atoms with Crippen molar-refractivity contribution in [3.05, 3.63) is 105 Å².